The highest BCUT2D eigenvalue weighted by Gasteiger charge is 2.08. The van der Waals surface area contributed by atoms with E-state index in [-0.39, 0.29) is 5.69 Å². The number of nitro benzene ring substituents is 1. The van der Waals surface area contributed by atoms with Gasteiger partial charge < -0.3 is 4.74 Å². The van der Waals surface area contributed by atoms with Crippen LogP contribution in [0, 0.1) is 17.0 Å². The number of ether oxygens (including phenoxy) is 1. The summed E-state index contributed by atoms with van der Waals surface area (Å²) in [6.07, 6.45) is 1.62. The fraction of sp³-hybridized carbons (Fsp3) is 0.176. The monoisotopic (exact) mass is 324 g/mol. The second kappa shape index (κ2) is 6.91. The van der Waals surface area contributed by atoms with Crippen molar-refractivity contribution in [2.45, 2.75) is 13.5 Å². The first-order valence-electron chi connectivity index (χ1n) is 7.46. The molecule has 1 aromatic heterocycles. The van der Waals surface area contributed by atoms with Gasteiger partial charge in [-0.05, 0) is 30.7 Å². The number of nitrogens with zero attached hydrogens (tertiary/aromatic N) is 4. The van der Waals surface area contributed by atoms with Crippen molar-refractivity contribution in [3.05, 3.63) is 70.5 Å². The molecule has 24 heavy (non-hydrogen) atoms. The van der Waals surface area contributed by atoms with Crippen molar-refractivity contribution in [1.82, 2.24) is 14.8 Å². The molecule has 0 radical (unpaired) electrons. The maximum atomic E-state index is 10.7. The summed E-state index contributed by atoms with van der Waals surface area (Å²) in [4.78, 5) is 14.5. The Balaban J connectivity index is 1.61. The average Bonchev–Trinajstić information content (AvgIpc) is 3.05. The summed E-state index contributed by atoms with van der Waals surface area (Å²) in [5.74, 6) is 1.38. The SMILES string of the molecule is Cc1ccccc1OCCn1cnc(-c2ccc([N+](=O)[O-])cc2)n1. The molecule has 0 unspecified atom stereocenters. The molecule has 1 heterocycles. The van der Waals surface area contributed by atoms with Crippen LogP contribution in [-0.2, 0) is 6.54 Å². The Bertz CT molecular complexity index is 843. The Morgan fingerprint density at radius 2 is 1.92 bits per heavy atom. The number of aromatic nitrogens is 3. The minimum atomic E-state index is -0.432. The van der Waals surface area contributed by atoms with E-state index in [1.807, 2.05) is 31.2 Å². The largest absolute Gasteiger partial charge is 0.491 e. The lowest BCUT2D eigenvalue weighted by atomic mass is 10.2. The van der Waals surface area contributed by atoms with Gasteiger partial charge in [-0.25, -0.2) is 9.67 Å². The second-order valence-electron chi connectivity index (χ2n) is 5.25. The van der Waals surface area contributed by atoms with Crippen molar-refractivity contribution in [1.29, 1.82) is 0 Å². The lowest BCUT2D eigenvalue weighted by Crippen LogP contribution is -2.09. The van der Waals surface area contributed by atoms with Gasteiger partial charge in [0.25, 0.3) is 5.69 Å². The van der Waals surface area contributed by atoms with Crippen molar-refractivity contribution in [3.63, 3.8) is 0 Å². The molecule has 0 atom stereocenters. The van der Waals surface area contributed by atoms with Crippen molar-refractivity contribution in [2.75, 3.05) is 6.61 Å². The van der Waals surface area contributed by atoms with Gasteiger partial charge in [0.2, 0.25) is 0 Å². The van der Waals surface area contributed by atoms with Crippen LogP contribution < -0.4 is 4.74 Å². The number of hydrogen-bond acceptors (Lipinski definition) is 5. The highest BCUT2D eigenvalue weighted by atomic mass is 16.6. The van der Waals surface area contributed by atoms with Crippen molar-refractivity contribution >= 4 is 5.69 Å². The summed E-state index contributed by atoms with van der Waals surface area (Å²) >= 11 is 0. The third-order valence-corrected chi connectivity index (χ3v) is 3.54. The quantitative estimate of drug-likeness (QED) is 0.513. The lowest BCUT2D eigenvalue weighted by molar-refractivity contribution is -0.384. The Morgan fingerprint density at radius 1 is 1.17 bits per heavy atom. The number of hydrogen-bond donors (Lipinski definition) is 0. The summed E-state index contributed by atoms with van der Waals surface area (Å²) < 4.78 is 7.42. The van der Waals surface area contributed by atoms with Crippen molar-refractivity contribution in [2.24, 2.45) is 0 Å². The number of aryl methyl sites for hydroxylation is 1. The number of rotatable bonds is 6. The van der Waals surface area contributed by atoms with E-state index in [1.54, 1.807) is 23.1 Å². The molecule has 0 fully saturated rings. The van der Waals surface area contributed by atoms with Crippen LogP contribution in [0.1, 0.15) is 5.56 Å². The van der Waals surface area contributed by atoms with Crippen LogP contribution in [0.15, 0.2) is 54.9 Å². The molecular formula is C17H16N4O3. The maximum absolute atomic E-state index is 10.7. The number of non-ortho nitro benzene ring substituents is 1. The van der Waals surface area contributed by atoms with Crippen molar-refractivity contribution in [3.8, 4) is 17.1 Å². The van der Waals surface area contributed by atoms with Gasteiger partial charge in [-0.1, -0.05) is 18.2 Å². The molecule has 7 heteroatoms. The lowest BCUT2D eigenvalue weighted by Gasteiger charge is -2.08. The van der Waals surface area contributed by atoms with E-state index in [0.29, 0.717) is 19.0 Å². The molecule has 0 aliphatic heterocycles. The standard InChI is InChI=1S/C17H16N4O3/c1-13-4-2-3-5-16(13)24-11-10-20-12-18-17(19-20)14-6-8-15(9-7-14)21(22)23/h2-9,12H,10-11H2,1H3. The van der Waals surface area contributed by atoms with E-state index in [9.17, 15) is 10.1 Å². The molecule has 0 amide bonds. The number of para-hydroxylation sites is 1. The van der Waals surface area contributed by atoms with Gasteiger partial charge in [0.05, 0.1) is 11.5 Å². The summed E-state index contributed by atoms with van der Waals surface area (Å²) in [5.41, 5.74) is 1.87. The van der Waals surface area contributed by atoms with E-state index >= 15 is 0 Å². The molecule has 0 saturated heterocycles. The van der Waals surface area contributed by atoms with Gasteiger partial charge in [0, 0.05) is 17.7 Å². The maximum Gasteiger partial charge on any atom is 0.269 e. The Morgan fingerprint density at radius 3 is 2.62 bits per heavy atom. The summed E-state index contributed by atoms with van der Waals surface area (Å²) in [7, 11) is 0. The predicted octanol–water partition coefficient (Wildman–Crippen LogP) is 3.24. The van der Waals surface area contributed by atoms with E-state index < -0.39 is 4.92 Å². The molecule has 0 aliphatic rings. The minimum absolute atomic E-state index is 0.0461. The van der Waals surface area contributed by atoms with E-state index in [1.165, 1.54) is 12.1 Å². The average molecular weight is 324 g/mol. The van der Waals surface area contributed by atoms with Gasteiger partial charge in [0.1, 0.15) is 18.7 Å². The zero-order valence-electron chi connectivity index (χ0n) is 13.1. The first kappa shape index (κ1) is 15.7. The minimum Gasteiger partial charge on any atom is -0.491 e. The van der Waals surface area contributed by atoms with Gasteiger partial charge >= 0.3 is 0 Å². The van der Waals surface area contributed by atoms with Crippen LogP contribution in [0.5, 0.6) is 5.75 Å². The third-order valence-electron chi connectivity index (χ3n) is 3.54. The van der Waals surface area contributed by atoms with Crippen LogP contribution in [0.25, 0.3) is 11.4 Å². The van der Waals surface area contributed by atoms with Gasteiger partial charge in [-0.3, -0.25) is 10.1 Å². The van der Waals surface area contributed by atoms with E-state index in [0.717, 1.165) is 16.9 Å². The van der Waals surface area contributed by atoms with Crippen LogP contribution in [-0.4, -0.2) is 26.3 Å². The zero-order valence-corrected chi connectivity index (χ0v) is 13.1. The second-order valence-corrected chi connectivity index (χ2v) is 5.25. The Kier molecular flexibility index (Phi) is 4.51. The van der Waals surface area contributed by atoms with E-state index in [4.69, 9.17) is 4.74 Å². The van der Waals surface area contributed by atoms with Gasteiger partial charge in [-0.15, -0.1) is 0 Å². The Labute approximate surface area is 138 Å². The summed E-state index contributed by atoms with van der Waals surface area (Å²) in [6, 6.07) is 14.0. The molecule has 2 aromatic carbocycles. The zero-order chi connectivity index (χ0) is 16.9. The van der Waals surface area contributed by atoms with Crippen molar-refractivity contribution < 1.29 is 9.66 Å². The predicted molar refractivity (Wildman–Crippen MR) is 88.8 cm³/mol. The van der Waals surface area contributed by atoms with Crippen LogP contribution >= 0.6 is 0 Å². The molecule has 0 saturated carbocycles. The fourth-order valence-corrected chi connectivity index (χ4v) is 2.23. The first-order valence-corrected chi connectivity index (χ1v) is 7.46. The topological polar surface area (TPSA) is 83.1 Å². The number of benzene rings is 2. The van der Waals surface area contributed by atoms with Crippen LogP contribution in [0.3, 0.4) is 0 Å². The van der Waals surface area contributed by atoms with Gasteiger partial charge in [0.15, 0.2) is 5.82 Å². The summed E-state index contributed by atoms with van der Waals surface area (Å²) in [6.45, 7) is 3.04. The third kappa shape index (κ3) is 3.57. The highest BCUT2D eigenvalue weighted by molar-refractivity contribution is 5.56. The number of nitro groups is 1. The molecule has 122 valence electrons. The van der Waals surface area contributed by atoms with Crippen LogP contribution in [0.2, 0.25) is 0 Å². The molecule has 7 nitrogen and oxygen atoms in total. The molecule has 0 N–H and O–H groups in total. The van der Waals surface area contributed by atoms with Crippen LogP contribution in [0.4, 0.5) is 5.69 Å². The normalized spacial score (nSPS) is 10.5. The molecule has 0 spiro atoms. The fourth-order valence-electron chi connectivity index (χ4n) is 2.23. The highest BCUT2D eigenvalue weighted by Crippen LogP contribution is 2.19. The molecular weight excluding hydrogens is 308 g/mol. The van der Waals surface area contributed by atoms with Gasteiger partial charge in [-0.2, -0.15) is 5.10 Å². The first-order chi connectivity index (χ1) is 11.6. The summed E-state index contributed by atoms with van der Waals surface area (Å²) in [5, 5.41) is 15.0. The Hall–Kier alpha value is -3.22. The molecule has 0 aliphatic carbocycles. The molecule has 0 bridgehead atoms. The smallest absolute Gasteiger partial charge is 0.269 e. The molecule has 3 rings (SSSR count). The van der Waals surface area contributed by atoms with E-state index in [2.05, 4.69) is 10.1 Å². The molecule has 3 aromatic rings.